The Bertz CT molecular complexity index is 1410. The Hall–Kier alpha value is -3.63. The molecule has 1 heterocycles. The lowest BCUT2D eigenvalue weighted by Gasteiger charge is -2.15. The standard InChI is InChI=1S/C29H26BrFN2O5S/c1-3-18-7-11-22(12-8-18)32-26(34)16-33-28(35)25(39-29(33)36)15-20-13-23(30)27(24(14-20)37-4-2)38-17-19-5-9-21(31)10-6-19/h5-15H,3-4,16-17H2,1-2H3,(H,32,34)/b25-15-. The average Bonchev–Trinajstić information content (AvgIpc) is 3.17. The molecule has 0 unspecified atom stereocenters. The molecule has 0 saturated carbocycles. The number of anilines is 1. The highest BCUT2D eigenvalue weighted by Crippen LogP contribution is 2.39. The summed E-state index contributed by atoms with van der Waals surface area (Å²) < 4.78 is 25.5. The van der Waals surface area contributed by atoms with Gasteiger partial charge in [0, 0.05) is 5.69 Å². The second-order valence-electron chi connectivity index (χ2n) is 8.54. The molecule has 1 N–H and O–H groups in total. The van der Waals surface area contributed by atoms with Crippen molar-refractivity contribution in [2.24, 2.45) is 0 Å². The summed E-state index contributed by atoms with van der Waals surface area (Å²) in [6.45, 7) is 4.05. The van der Waals surface area contributed by atoms with Crippen LogP contribution in [0.5, 0.6) is 11.5 Å². The third-order valence-electron chi connectivity index (χ3n) is 5.75. The number of nitrogens with one attached hydrogen (secondary N) is 1. The number of amides is 3. The SMILES string of the molecule is CCOc1cc(/C=C2\SC(=O)N(CC(=O)Nc3ccc(CC)cc3)C2=O)cc(Br)c1OCc1ccc(F)cc1. The number of rotatable bonds is 10. The van der Waals surface area contributed by atoms with E-state index in [1.807, 2.05) is 26.0 Å². The van der Waals surface area contributed by atoms with Crippen LogP contribution in [-0.4, -0.2) is 35.1 Å². The lowest BCUT2D eigenvalue weighted by Crippen LogP contribution is -2.36. The summed E-state index contributed by atoms with van der Waals surface area (Å²) in [5, 5.41) is 2.20. The summed E-state index contributed by atoms with van der Waals surface area (Å²) in [5.74, 6) is -0.451. The number of ether oxygens (including phenoxy) is 2. The Kier molecular flexibility index (Phi) is 9.42. The van der Waals surface area contributed by atoms with Gasteiger partial charge in [-0.15, -0.1) is 0 Å². The molecule has 202 valence electrons. The van der Waals surface area contributed by atoms with Crippen molar-refractivity contribution in [2.75, 3.05) is 18.5 Å². The first-order chi connectivity index (χ1) is 18.8. The molecule has 3 aromatic carbocycles. The predicted molar refractivity (Wildman–Crippen MR) is 153 cm³/mol. The van der Waals surface area contributed by atoms with Crippen molar-refractivity contribution < 1.29 is 28.2 Å². The topological polar surface area (TPSA) is 84.9 Å². The summed E-state index contributed by atoms with van der Waals surface area (Å²) in [7, 11) is 0. The van der Waals surface area contributed by atoms with Crippen LogP contribution in [0, 0.1) is 5.82 Å². The summed E-state index contributed by atoms with van der Waals surface area (Å²) in [6.07, 6.45) is 2.45. The van der Waals surface area contributed by atoms with Gasteiger partial charge in [-0.2, -0.15) is 0 Å². The first-order valence-electron chi connectivity index (χ1n) is 12.2. The molecule has 1 aliphatic rings. The van der Waals surface area contributed by atoms with E-state index in [-0.39, 0.29) is 23.9 Å². The number of nitrogens with zero attached hydrogens (tertiary/aromatic N) is 1. The van der Waals surface area contributed by atoms with E-state index in [1.165, 1.54) is 12.1 Å². The number of aryl methyl sites for hydroxylation is 1. The van der Waals surface area contributed by atoms with Crippen LogP contribution in [0.1, 0.15) is 30.5 Å². The van der Waals surface area contributed by atoms with Gasteiger partial charge in [0.1, 0.15) is 19.0 Å². The molecule has 4 rings (SSSR count). The van der Waals surface area contributed by atoms with Crippen molar-refractivity contribution in [1.82, 2.24) is 4.90 Å². The van der Waals surface area contributed by atoms with Crippen molar-refractivity contribution >= 4 is 56.5 Å². The molecule has 10 heteroatoms. The number of carbonyl (C=O) groups is 3. The molecule has 7 nitrogen and oxygen atoms in total. The third kappa shape index (κ3) is 7.27. The highest BCUT2D eigenvalue weighted by Gasteiger charge is 2.36. The molecule has 0 atom stereocenters. The number of hydrogen-bond donors (Lipinski definition) is 1. The van der Waals surface area contributed by atoms with Gasteiger partial charge >= 0.3 is 0 Å². The van der Waals surface area contributed by atoms with Gasteiger partial charge < -0.3 is 14.8 Å². The van der Waals surface area contributed by atoms with Gasteiger partial charge in [-0.3, -0.25) is 19.3 Å². The number of hydrogen-bond acceptors (Lipinski definition) is 6. The fraction of sp³-hybridized carbons (Fsp3) is 0.207. The smallest absolute Gasteiger partial charge is 0.294 e. The maximum atomic E-state index is 13.2. The van der Waals surface area contributed by atoms with Crippen LogP contribution in [0.4, 0.5) is 14.9 Å². The van der Waals surface area contributed by atoms with Crippen LogP contribution >= 0.6 is 27.7 Å². The van der Waals surface area contributed by atoms with Crippen LogP contribution < -0.4 is 14.8 Å². The number of halogens is 2. The molecular formula is C29H26BrFN2O5S. The van der Waals surface area contributed by atoms with Gasteiger partial charge in [0.25, 0.3) is 11.1 Å². The fourth-order valence-corrected chi connectivity index (χ4v) is 5.18. The first kappa shape index (κ1) is 28.4. The Morgan fingerprint density at radius 3 is 2.38 bits per heavy atom. The zero-order valence-corrected chi connectivity index (χ0v) is 23.7. The monoisotopic (exact) mass is 612 g/mol. The molecule has 3 aromatic rings. The minimum Gasteiger partial charge on any atom is -0.490 e. The van der Waals surface area contributed by atoms with Crippen molar-refractivity contribution in [3.8, 4) is 11.5 Å². The molecule has 1 saturated heterocycles. The molecule has 0 bridgehead atoms. The van der Waals surface area contributed by atoms with E-state index in [4.69, 9.17) is 9.47 Å². The van der Waals surface area contributed by atoms with Gasteiger partial charge in [0.05, 0.1) is 16.0 Å². The van der Waals surface area contributed by atoms with Gasteiger partial charge in [-0.25, -0.2) is 4.39 Å². The van der Waals surface area contributed by atoms with E-state index >= 15 is 0 Å². The Labute approximate surface area is 238 Å². The lowest BCUT2D eigenvalue weighted by atomic mass is 10.1. The average molecular weight is 614 g/mol. The maximum Gasteiger partial charge on any atom is 0.294 e. The first-order valence-corrected chi connectivity index (χ1v) is 13.9. The highest BCUT2D eigenvalue weighted by molar-refractivity contribution is 9.10. The van der Waals surface area contributed by atoms with Crippen LogP contribution in [0.15, 0.2) is 70.0 Å². The van der Waals surface area contributed by atoms with Crippen molar-refractivity contribution in [1.29, 1.82) is 0 Å². The summed E-state index contributed by atoms with van der Waals surface area (Å²) in [5.41, 5.74) is 3.11. The minimum atomic E-state index is -0.549. The van der Waals surface area contributed by atoms with E-state index < -0.39 is 17.1 Å². The number of benzene rings is 3. The predicted octanol–water partition coefficient (Wildman–Crippen LogP) is 6.80. The van der Waals surface area contributed by atoms with E-state index in [1.54, 1.807) is 42.5 Å². The molecule has 0 radical (unpaired) electrons. The zero-order chi connectivity index (χ0) is 27.9. The quantitative estimate of drug-likeness (QED) is 0.253. The number of thioether (sulfide) groups is 1. The van der Waals surface area contributed by atoms with Crippen molar-refractivity contribution in [3.63, 3.8) is 0 Å². The van der Waals surface area contributed by atoms with E-state index in [0.717, 1.165) is 34.2 Å². The molecular weight excluding hydrogens is 587 g/mol. The lowest BCUT2D eigenvalue weighted by molar-refractivity contribution is -0.127. The van der Waals surface area contributed by atoms with Crippen LogP contribution in [0.2, 0.25) is 0 Å². The Balaban J connectivity index is 1.46. The van der Waals surface area contributed by atoms with Gasteiger partial charge in [0.15, 0.2) is 11.5 Å². The minimum absolute atomic E-state index is 0.189. The summed E-state index contributed by atoms with van der Waals surface area (Å²) >= 11 is 4.27. The van der Waals surface area contributed by atoms with E-state index in [0.29, 0.717) is 33.8 Å². The van der Waals surface area contributed by atoms with Gasteiger partial charge in [-0.1, -0.05) is 31.2 Å². The molecule has 1 aliphatic heterocycles. The Morgan fingerprint density at radius 2 is 1.72 bits per heavy atom. The molecule has 0 aliphatic carbocycles. The van der Waals surface area contributed by atoms with E-state index in [2.05, 4.69) is 21.2 Å². The third-order valence-corrected chi connectivity index (χ3v) is 7.24. The normalized spacial score (nSPS) is 14.2. The van der Waals surface area contributed by atoms with Crippen LogP contribution in [0.3, 0.4) is 0 Å². The highest BCUT2D eigenvalue weighted by atomic mass is 79.9. The fourth-order valence-electron chi connectivity index (χ4n) is 3.77. The second kappa shape index (κ2) is 12.9. The summed E-state index contributed by atoms with van der Waals surface area (Å²) in [6, 6.07) is 16.8. The van der Waals surface area contributed by atoms with Crippen LogP contribution in [-0.2, 0) is 22.6 Å². The molecule has 3 amide bonds. The van der Waals surface area contributed by atoms with Gasteiger partial charge in [-0.05, 0) is 100 Å². The van der Waals surface area contributed by atoms with Crippen molar-refractivity contribution in [2.45, 2.75) is 26.9 Å². The number of carbonyl (C=O) groups excluding carboxylic acids is 3. The van der Waals surface area contributed by atoms with E-state index in [9.17, 15) is 18.8 Å². The molecule has 1 fully saturated rings. The Morgan fingerprint density at radius 1 is 1.03 bits per heavy atom. The van der Waals surface area contributed by atoms with Gasteiger partial charge in [0.2, 0.25) is 5.91 Å². The second-order valence-corrected chi connectivity index (χ2v) is 10.4. The largest absolute Gasteiger partial charge is 0.490 e. The summed E-state index contributed by atoms with van der Waals surface area (Å²) in [4.78, 5) is 39.2. The van der Waals surface area contributed by atoms with Crippen LogP contribution in [0.25, 0.3) is 6.08 Å². The maximum absolute atomic E-state index is 13.2. The molecule has 0 aromatic heterocycles. The zero-order valence-electron chi connectivity index (χ0n) is 21.3. The molecule has 39 heavy (non-hydrogen) atoms. The number of imide groups is 1. The molecule has 0 spiro atoms. The van der Waals surface area contributed by atoms with Crippen molar-refractivity contribution in [3.05, 3.63) is 92.5 Å².